The molecule has 0 unspecified atom stereocenters. The molecule has 138 valence electrons. The highest BCUT2D eigenvalue weighted by Gasteiger charge is 2.11. The van der Waals surface area contributed by atoms with Crippen LogP contribution in [0.15, 0.2) is 71.6 Å². The average molecular weight is 381 g/mol. The second-order valence-electron chi connectivity index (χ2n) is 5.85. The van der Waals surface area contributed by atoms with Crippen LogP contribution >= 0.6 is 11.8 Å². The van der Waals surface area contributed by atoms with Crippen molar-refractivity contribution in [2.45, 2.75) is 4.90 Å². The van der Waals surface area contributed by atoms with Crippen LogP contribution in [0.25, 0.3) is 10.8 Å². The quantitative estimate of drug-likeness (QED) is 0.266. The minimum Gasteiger partial charge on any atom is -0.378 e. The molecule has 0 spiro atoms. The highest BCUT2D eigenvalue weighted by atomic mass is 32.2. The number of benzene rings is 3. The summed E-state index contributed by atoms with van der Waals surface area (Å²) in [6, 6.07) is 20.7. The van der Waals surface area contributed by atoms with Crippen LogP contribution in [0.2, 0.25) is 0 Å². The monoisotopic (exact) mass is 381 g/mol. The molecular weight excluding hydrogens is 362 g/mol. The number of hydrogen-bond acceptors (Lipinski definition) is 5. The van der Waals surface area contributed by atoms with Crippen molar-refractivity contribution in [3.8, 4) is 0 Å². The van der Waals surface area contributed by atoms with E-state index in [1.165, 1.54) is 23.2 Å². The Morgan fingerprint density at radius 2 is 1.70 bits per heavy atom. The number of hydrogen-bond donors (Lipinski definition) is 2. The molecular formula is C20H19N3O3S. The molecule has 0 aliphatic heterocycles. The highest BCUT2D eigenvalue weighted by molar-refractivity contribution is 8.00. The molecule has 0 aromatic heterocycles. The third-order valence-electron chi connectivity index (χ3n) is 3.95. The number of rotatable bonds is 8. The van der Waals surface area contributed by atoms with E-state index in [1.807, 2.05) is 30.3 Å². The van der Waals surface area contributed by atoms with Gasteiger partial charge in [0.2, 0.25) is 5.91 Å². The fraction of sp³-hybridized carbons (Fsp3) is 0.150. The number of anilines is 1. The second-order valence-corrected chi connectivity index (χ2v) is 6.90. The van der Waals surface area contributed by atoms with Crippen molar-refractivity contribution in [3.63, 3.8) is 0 Å². The largest absolute Gasteiger partial charge is 0.378 e. The number of nitro benzene ring substituents is 1. The van der Waals surface area contributed by atoms with Gasteiger partial charge in [0, 0.05) is 24.1 Å². The third-order valence-corrected chi connectivity index (χ3v) is 4.95. The summed E-state index contributed by atoms with van der Waals surface area (Å²) in [4.78, 5) is 23.6. The molecule has 0 bridgehead atoms. The van der Waals surface area contributed by atoms with Gasteiger partial charge >= 0.3 is 0 Å². The minimum absolute atomic E-state index is 0.0238. The number of fused-ring (bicyclic) bond motifs is 1. The van der Waals surface area contributed by atoms with Gasteiger partial charge in [-0.15, -0.1) is 11.8 Å². The molecule has 3 rings (SSSR count). The van der Waals surface area contributed by atoms with Crippen LogP contribution in [0.4, 0.5) is 11.4 Å². The molecule has 0 atom stereocenters. The first kappa shape index (κ1) is 18.7. The van der Waals surface area contributed by atoms with Gasteiger partial charge in [0.25, 0.3) is 5.69 Å². The Morgan fingerprint density at radius 1 is 0.963 bits per heavy atom. The normalized spacial score (nSPS) is 10.5. The molecule has 0 fully saturated rings. The zero-order valence-electron chi connectivity index (χ0n) is 14.6. The lowest BCUT2D eigenvalue weighted by atomic mass is 10.1. The van der Waals surface area contributed by atoms with Gasteiger partial charge in [-0.2, -0.15) is 0 Å². The molecule has 0 saturated carbocycles. The number of carbonyl (C=O) groups is 1. The van der Waals surface area contributed by atoms with Crippen LogP contribution in [-0.2, 0) is 4.79 Å². The maximum Gasteiger partial charge on any atom is 0.292 e. The van der Waals surface area contributed by atoms with E-state index in [0.717, 1.165) is 10.3 Å². The first-order chi connectivity index (χ1) is 13.1. The number of carbonyl (C=O) groups excluding carboxylic acids is 1. The Labute approximate surface area is 161 Å². The van der Waals surface area contributed by atoms with E-state index in [1.54, 1.807) is 18.2 Å². The minimum atomic E-state index is -0.429. The molecule has 0 saturated heterocycles. The van der Waals surface area contributed by atoms with E-state index >= 15 is 0 Å². The van der Waals surface area contributed by atoms with Gasteiger partial charge in [-0.25, -0.2) is 0 Å². The molecule has 1 amide bonds. The van der Waals surface area contributed by atoms with Gasteiger partial charge in [-0.3, -0.25) is 14.9 Å². The first-order valence-corrected chi connectivity index (χ1v) is 9.47. The van der Waals surface area contributed by atoms with E-state index < -0.39 is 4.92 Å². The fourth-order valence-electron chi connectivity index (χ4n) is 2.64. The number of thioether (sulfide) groups is 1. The maximum absolute atomic E-state index is 12.0. The number of nitrogens with zero attached hydrogens (tertiary/aromatic N) is 1. The van der Waals surface area contributed by atoms with Gasteiger partial charge < -0.3 is 10.6 Å². The number of amides is 1. The van der Waals surface area contributed by atoms with Crippen molar-refractivity contribution in [2.75, 3.05) is 24.2 Å². The van der Waals surface area contributed by atoms with Crippen molar-refractivity contribution in [2.24, 2.45) is 0 Å². The van der Waals surface area contributed by atoms with E-state index in [9.17, 15) is 14.9 Å². The van der Waals surface area contributed by atoms with Crippen LogP contribution < -0.4 is 10.6 Å². The predicted molar refractivity (Wildman–Crippen MR) is 109 cm³/mol. The van der Waals surface area contributed by atoms with E-state index in [2.05, 4.69) is 22.8 Å². The van der Waals surface area contributed by atoms with E-state index in [4.69, 9.17) is 0 Å². The number of para-hydroxylation sites is 2. The van der Waals surface area contributed by atoms with Crippen LogP contribution in [0.3, 0.4) is 0 Å². The molecule has 0 heterocycles. The first-order valence-electron chi connectivity index (χ1n) is 8.49. The highest BCUT2D eigenvalue weighted by Crippen LogP contribution is 2.24. The second kappa shape index (κ2) is 9.05. The number of nitrogens with one attached hydrogen (secondary N) is 2. The van der Waals surface area contributed by atoms with Crippen LogP contribution in [0.1, 0.15) is 0 Å². The number of nitro groups is 1. The molecule has 3 aromatic rings. The average Bonchev–Trinajstić information content (AvgIpc) is 2.69. The fourth-order valence-corrected chi connectivity index (χ4v) is 3.41. The molecule has 0 radical (unpaired) electrons. The summed E-state index contributed by atoms with van der Waals surface area (Å²) in [6.45, 7) is 0.806. The molecule has 0 aliphatic rings. The third kappa shape index (κ3) is 5.21. The zero-order chi connectivity index (χ0) is 19.1. The van der Waals surface area contributed by atoms with Gasteiger partial charge in [-0.1, -0.05) is 42.5 Å². The Morgan fingerprint density at radius 3 is 2.52 bits per heavy atom. The summed E-state index contributed by atoms with van der Waals surface area (Å²) in [5, 5.41) is 19.1. The summed E-state index contributed by atoms with van der Waals surface area (Å²) in [5.74, 6) is 0.251. The van der Waals surface area contributed by atoms with Crippen LogP contribution in [0.5, 0.6) is 0 Å². The summed E-state index contributed by atoms with van der Waals surface area (Å²) in [5.41, 5.74) is 0.470. The Kier molecular flexibility index (Phi) is 6.27. The molecule has 27 heavy (non-hydrogen) atoms. The van der Waals surface area contributed by atoms with Crippen molar-refractivity contribution < 1.29 is 9.72 Å². The van der Waals surface area contributed by atoms with Gasteiger partial charge in [0.15, 0.2) is 0 Å². The van der Waals surface area contributed by atoms with Crippen molar-refractivity contribution in [1.82, 2.24) is 5.32 Å². The van der Waals surface area contributed by atoms with Crippen molar-refractivity contribution in [3.05, 3.63) is 76.8 Å². The molecule has 0 aliphatic carbocycles. The van der Waals surface area contributed by atoms with Crippen molar-refractivity contribution in [1.29, 1.82) is 0 Å². The standard InChI is InChI=1S/C20H19N3O3S/c24-20(14-27-17-10-9-15-5-1-2-6-16(15)13-17)22-12-11-21-18-7-3-4-8-19(18)23(25)26/h1-10,13,21H,11-12,14H2,(H,22,24). The van der Waals surface area contributed by atoms with Crippen molar-refractivity contribution >= 4 is 39.8 Å². The lowest BCUT2D eigenvalue weighted by Crippen LogP contribution is -2.30. The predicted octanol–water partition coefficient (Wildman–Crippen LogP) is 4.07. The van der Waals surface area contributed by atoms with Crippen LogP contribution in [-0.4, -0.2) is 29.7 Å². The Hall–Kier alpha value is -3.06. The lowest BCUT2D eigenvalue weighted by molar-refractivity contribution is -0.384. The zero-order valence-corrected chi connectivity index (χ0v) is 15.4. The van der Waals surface area contributed by atoms with Gasteiger partial charge in [-0.05, 0) is 29.0 Å². The lowest BCUT2D eigenvalue weighted by Gasteiger charge is -2.08. The summed E-state index contributed by atoms with van der Waals surface area (Å²) in [7, 11) is 0. The topological polar surface area (TPSA) is 84.3 Å². The molecule has 2 N–H and O–H groups in total. The van der Waals surface area contributed by atoms with Crippen LogP contribution in [0, 0.1) is 10.1 Å². The van der Waals surface area contributed by atoms with Gasteiger partial charge in [0.1, 0.15) is 5.69 Å². The molecule has 6 nitrogen and oxygen atoms in total. The summed E-state index contributed by atoms with van der Waals surface area (Å²) in [6.07, 6.45) is 0. The van der Waals surface area contributed by atoms with E-state index in [-0.39, 0.29) is 11.6 Å². The Bertz CT molecular complexity index is 962. The Balaban J connectivity index is 1.43. The SMILES string of the molecule is O=C(CSc1ccc2ccccc2c1)NCCNc1ccccc1[N+](=O)[O-]. The van der Waals surface area contributed by atoms with E-state index in [0.29, 0.717) is 24.5 Å². The summed E-state index contributed by atoms with van der Waals surface area (Å²) < 4.78 is 0. The smallest absolute Gasteiger partial charge is 0.292 e. The molecule has 3 aromatic carbocycles. The summed E-state index contributed by atoms with van der Waals surface area (Å²) >= 11 is 1.48. The molecule has 7 heteroatoms. The van der Waals surface area contributed by atoms with Gasteiger partial charge in [0.05, 0.1) is 10.7 Å². The maximum atomic E-state index is 12.0.